The van der Waals surface area contributed by atoms with E-state index in [0.29, 0.717) is 0 Å². The molecule has 0 N–H and O–H groups in total. The van der Waals surface area contributed by atoms with Gasteiger partial charge in [0, 0.05) is 73.8 Å². The van der Waals surface area contributed by atoms with E-state index in [4.69, 9.17) is 4.74 Å². The van der Waals surface area contributed by atoms with Crippen LogP contribution in [0.2, 0.25) is 0 Å². The van der Waals surface area contributed by atoms with Crippen LogP contribution in [0.25, 0.3) is 0 Å². The molecule has 4 nitrogen and oxygen atoms in total. The molecule has 0 spiro atoms. The summed E-state index contributed by atoms with van der Waals surface area (Å²) in [6.45, 7) is 4.62. The van der Waals surface area contributed by atoms with Gasteiger partial charge in [-0.05, 0) is 95.3 Å². The lowest BCUT2D eigenvalue weighted by molar-refractivity contribution is 0.418. The first kappa shape index (κ1) is 32.5. The second-order valence-corrected chi connectivity index (χ2v) is 15.4. The van der Waals surface area contributed by atoms with Crippen molar-refractivity contribution >= 4 is 74.3 Å². The molecule has 3 heterocycles. The summed E-state index contributed by atoms with van der Waals surface area (Å²) in [5.41, 5.74) is 16.3. The molecule has 0 saturated carbocycles. The lowest BCUT2D eigenvalue weighted by atomic mass is 9.33. The minimum Gasteiger partial charge on any atom is -0.457 e. The van der Waals surface area contributed by atoms with Gasteiger partial charge in [0.05, 0.1) is 0 Å². The lowest BCUT2D eigenvalue weighted by Crippen LogP contribution is -2.61. The van der Waals surface area contributed by atoms with Crippen LogP contribution in [-0.2, 0) is 5.41 Å². The number of para-hydroxylation sites is 5. The number of nitrogens with zero attached hydrogens (tertiary/aromatic N) is 3. The molecule has 0 fully saturated rings. The van der Waals surface area contributed by atoms with Gasteiger partial charge < -0.3 is 19.4 Å². The van der Waals surface area contributed by atoms with Crippen LogP contribution in [0, 0.1) is 0 Å². The first-order chi connectivity index (χ1) is 27.6. The Morgan fingerprint density at radius 2 is 0.964 bits per heavy atom. The van der Waals surface area contributed by atoms with Crippen molar-refractivity contribution in [3.05, 3.63) is 205 Å². The van der Waals surface area contributed by atoms with Crippen LogP contribution in [0.5, 0.6) is 11.5 Å². The highest BCUT2D eigenvalue weighted by Gasteiger charge is 2.43. The molecule has 11 rings (SSSR count). The molecule has 0 aliphatic carbocycles. The molecule has 3 aliphatic rings. The Morgan fingerprint density at radius 3 is 1.70 bits per heavy atom. The molecule has 8 aromatic carbocycles. The fourth-order valence-electron chi connectivity index (χ4n) is 9.33. The summed E-state index contributed by atoms with van der Waals surface area (Å²) in [6.07, 6.45) is 0. The zero-order valence-electron chi connectivity index (χ0n) is 31.3. The van der Waals surface area contributed by atoms with Gasteiger partial charge in [-0.15, -0.1) is 0 Å². The molecular formula is C51H38BN3O. The lowest BCUT2D eigenvalue weighted by Gasteiger charge is -2.44. The molecule has 0 atom stereocenters. The van der Waals surface area contributed by atoms with Crippen molar-refractivity contribution in [1.29, 1.82) is 0 Å². The van der Waals surface area contributed by atoms with Crippen molar-refractivity contribution in [3.8, 4) is 11.5 Å². The van der Waals surface area contributed by atoms with Crippen LogP contribution in [0.3, 0.4) is 0 Å². The zero-order valence-corrected chi connectivity index (χ0v) is 31.3. The minimum absolute atomic E-state index is 0.0472. The van der Waals surface area contributed by atoms with Crippen LogP contribution in [-0.4, -0.2) is 6.71 Å². The molecular weight excluding hydrogens is 681 g/mol. The summed E-state index contributed by atoms with van der Waals surface area (Å²) in [5.74, 6) is 1.80. The summed E-state index contributed by atoms with van der Waals surface area (Å²) in [7, 11) is 0. The second-order valence-electron chi connectivity index (χ2n) is 15.4. The van der Waals surface area contributed by atoms with Gasteiger partial charge in [-0.3, -0.25) is 0 Å². The number of ether oxygens (including phenoxy) is 1. The van der Waals surface area contributed by atoms with E-state index >= 15 is 0 Å². The minimum atomic E-state index is -0.194. The van der Waals surface area contributed by atoms with E-state index in [1.54, 1.807) is 0 Å². The van der Waals surface area contributed by atoms with Gasteiger partial charge >= 0.3 is 0 Å². The van der Waals surface area contributed by atoms with Crippen molar-refractivity contribution in [2.75, 3.05) is 14.7 Å². The largest absolute Gasteiger partial charge is 0.457 e. The van der Waals surface area contributed by atoms with Gasteiger partial charge in [0.1, 0.15) is 11.5 Å². The monoisotopic (exact) mass is 719 g/mol. The first-order valence-electron chi connectivity index (χ1n) is 19.4. The predicted molar refractivity (Wildman–Crippen MR) is 234 cm³/mol. The number of anilines is 9. The van der Waals surface area contributed by atoms with Crippen LogP contribution in [0.1, 0.15) is 25.0 Å². The van der Waals surface area contributed by atoms with Crippen molar-refractivity contribution in [2.24, 2.45) is 0 Å². The Kier molecular flexibility index (Phi) is 7.27. The van der Waals surface area contributed by atoms with Gasteiger partial charge in [0.15, 0.2) is 0 Å². The third kappa shape index (κ3) is 4.87. The SMILES string of the molecule is CC1(C)c2ccccc2Oc2cc(N(c3ccccc3)c3ccc4c(c3)N(c3ccccc3)c3cccc5c3B4c3ccccc3N5c3ccccc3)ccc21. The molecule has 0 unspecified atom stereocenters. The number of hydrogen-bond donors (Lipinski definition) is 0. The van der Waals surface area contributed by atoms with E-state index in [9.17, 15) is 0 Å². The van der Waals surface area contributed by atoms with Crippen LogP contribution in [0.4, 0.5) is 51.2 Å². The van der Waals surface area contributed by atoms with Gasteiger partial charge in [0.2, 0.25) is 0 Å². The highest BCUT2D eigenvalue weighted by Crippen LogP contribution is 2.51. The van der Waals surface area contributed by atoms with Crippen LogP contribution in [0.15, 0.2) is 194 Å². The molecule has 0 aromatic heterocycles. The van der Waals surface area contributed by atoms with E-state index in [0.717, 1.165) is 45.6 Å². The third-order valence-electron chi connectivity index (χ3n) is 11.9. The molecule has 266 valence electrons. The average Bonchev–Trinajstić information content (AvgIpc) is 3.24. The topological polar surface area (TPSA) is 19.0 Å². The third-order valence-corrected chi connectivity index (χ3v) is 11.9. The molecule has 0 radical (unpaired) electrons. The number of benzene rings is 8. The van der Waals surface area contributed by atoms with Gasteiger partial charge in [0.25, 0.3) is 6.71 Å². The summed E-state index contributed by atoms with van der Waals surface area (Å²) in [5, 5.41) is 0. The first-order valence-corrected chi connectivity index (χ1v) is 19.4. The Labute approximate surface area is 328 Å². The fraction of sp³-hybridized carbons (Fsp3) is 0.0588. The normalized spacial score (nSPS) is 14.1. The van der Waals surface area contributed by atoms with E-state index in [1.807, 2.05) is 0 Å². The summed E-state index contributed by atoms with van der Waals surface area (Å²) >= 11 is 0. The van der Waals surface area contributed by atoms with E-state index in [1.165, 1.54) is 44.6 Å². The van der Waals surface area contributed by atoms with Crippen molar-refractivity contribution < 1.29 is 4.74 Å². The van der Waals surface area contributed by atoms with Crippen LogP contribution < -0.4 is 35.8 Å². The molecule has 56 heavy (non-hydrogen) atoms. The molecule has 3 aliphatic heterocycles. The second kappa shape index (κ2) is 12.5. The van der Waals surface area contributed by atoms with E-state index in [2.05, 4.69) is 223 Å². The average molecular weight is 720 g/mol. The number of rotatable bonds is 5. The summed E-state index contributed by atoms with van der Waals surface area (Å²) in [4.78, 5) is 7.25. The molecule has 0 saturated heterocycles. The molecule has 8 aromatic rings. The van der Waals surface area contributed by atoms with E-state index in [-0.39, 0.29) is 12.1 Å². The zero-order chi connectivity index (χ0) is 37.4. The van der Waals surface area contributed by atoms with Crippen molar-refractivity contribution in [3.63, 3.8) is 0 Å². The smallest absolute Gasteiger partial charge is 0.252 e. The Hall–Kier alpha value is -6.98. The van der Waals surface area contributed by atoms with Gasteiger partial charge in [-0.25, -0.2) is 0 Å². The fourth-order valence-corrected chi connectivity index (χ4v) is 9.33. The predicted octanol–water partition coefficient (Wildman–Crippen LogP) is 11.7. The maximum absolute atomic E-state index is 6.66. The summed E-state index contributed by atoms with van der Waals surface area (Å²) in [6, 6.07) is 70.1. The van der Waals surface area contributed by atoms with Crippen molar-refractivity contribution in [2.45, 2.75) is 19.3 Å². The molecule has 0 amide bonds. The van der Waals surface area contributed by atoms with Gasteiger partial charge in [-0.1, -0.05) is 123 Å². The number of fused-ring (bicyclic) bond motifs is 6. The standard InChI is InChI=1S/C51H38BN3O/c1-51(2)40-23-12-15-28-48(40)56-49-34-39(29-31-41(49)51)53(35-17-6-3-7-18-35)38-30-32-43-47(33-38)55(37-21-10-5-11-22-37)46-27-16-26-45-50(46)52(43)42-24-13-14-25-44(42)54(45)36-19-8-4-9-20-36/h3-34H,1-2H3. The molecule has 0 bridgehead atoms. The van der Waals surface area contributed by atoms with Crippen LogP contribution >= 0.6 is 0 Å². The Balaban J connectivity index is 1.12. The quantitative estimate of drug-likeness (QED) is 0.165. The van der Waals surface area contributed by atoms with Gasteiger partial charge in [-0.2, -0.15) is 0 Å². The van der Waals surface area contributed by atoms with Crippen molar-refractivity contribution in [1.82, 2.24) is 0 Å². The Bertz CT molecular complexity index is 2790. The molecule has 5 heteroatoms. The maximum atomic E-state index is 6.66. The Morgan fingerprint density at radius 1 is 0.429 bits per heavy atom. The maximum Gasteiger partial charge on any atom is 0.252 e. The van der Waals surface area contributed by atoms with E-state index < -0.39 is 0 Å². The number of hydrogen-bond acceptors (Lipinski definition) is 4. The highest BCUT2D eigenvalue weighted by atomic mass is 16.5. The summed E-state index contributed by atoms with van der Waals surface area (Å²) < 4.78 is 6.66. The highest BCUT2D eigenvalue weighted by molar-refractivity contribution is 7.00.